The average Bonchev–Trinajstić information content (AvgIpc) is 2.47. The van der Waals surface area contributed by atoms with Crippen molar-refractivity contribution in [1.82, 2.24) is 9.88 Å². The van der Waals surface area contributed by atoms with Gasteiger partial charge in [-0.05, 0) is 31.5 Å². The Morgan fingerprint density at radius 1 is 1.18 bits per heavy atom. The number of nitrogens with one attached hydrogen (secondary N) is 1. The van der Waals surface area contributed by atoms with Crippen molar-refractivity contribution in [3.63, 3.8) is 0 Å². The Bertz CT molecular complexity index is 594. The summed E-state index contributed by atoms with van der Waals surface area (Å²) in [6, 6.07) is 14.7. The first-order valence-electron chi connectivity index (χ1n) is 7.17. The molecule has 2 rings (SSSR count). The summed E-state index contributed by atoms with van der Waals surface area (Å²) in [5.41, 5.74) is 0.0267. The van der Waals surface area contributed by atoms with Crippen LogP contribution < -0.4 is 5.32 Å². The molecule has 0 radical (unpaired) electrons. The normalized spacial score (nSPS) is 11.0. The lowest BCUT2D eigenvalue weighted by Gasteiger charge is -2.29. The highest BCUT2D eigenvalue weighted by Crippen LogP contribution is 2.12. The smallest absolute Gasteiger partial charge is 0.323 e. The van der Waals surface area contributed by atoms with Crippen LogP contribution in [0.2, 0.25) is 0 Å². The van der Waals surface area contributed by atoms with Gasteiger partial charge in [-0.3, -0.25) is 5.32 Å². The molecule has 22 heavy (non-hydrogen) atoms. The zero-order valence-corrected chi connectivity index (χ0v) is 12.9. The number of aliphatic hydroxyl groups is 1. The fourth-order valence-electron chi connectivity index (χ4n) is 2.10. The molecule has 1 heterocycles. The van der Waals surface area contributed by atoms with Crippen LogP contribution in [0, 0.1) is 0 Å². The minimum atomic E-state index is -0.976. The van der Waals surface area contributed by atoms with E-state index in [1.807, 2.05) is 30.3 Å². The third-order valence-electron chi connectivity index (χ3n) is 2.98. The molecule has 5 nitrogen and oxygen atoms in total. The van der Waals surface area contributed by atoms with Gasteiger partial charge in [0.05, 0.1) is 12.1 Å². The number of urea groups is 1. The number of hydrogen-bond donors (Lipinski definition) is 2. The minimum absolute atomic E-state index is 0.223. The lowest BCUT2D eigenvalue weighted by Crippen LogP contribution is -2.43. The molecule has 1 aromatic carbocycles. The molecule has 0 aliphatic rings. The maximum Gasteiger partial charge on any atom is 0.323 e. The number of carbonyl (C=O) groups is 1. The van der Waals surface area contributed by atoms with Gasteiger partial charge in [0.2, 0.25) is 0 Å². The Morgan fingerprint density at radius 3 is 2.45 bits per heavy atom. The molecular weight excluding hydrogens is 278 g/mol. The molecular formula is C17H21N3O2. The molecule has 0 bridgehead atoms. The van der Waals surface area contributed by atoms with Crippen LogP contribution in [-0.2, 0) is 6.54 Å². The summed E-state index contributed by atoms with van der Waals surface area (Å²) in [6.45, 7) is 4.00. The number of pyridine rings is 1. The van der Waals surface area contributed by atoms with E-state index in [-0.39, 0.29) is 12.6 Å². The van der Waals surface area contributed by atoms with Gasteiger partial charge in [-0.15, -0.1) is 0 Å². The van der Waals surface area contributed by atoms with Crippen LogP contribution >= 0.6 is 0 Å². The predicted octanol–water partition coefficient (Wildman–Crippen LogP) is 2.89. The van der Waals surface area contributed by atoms with Crippen molar-refractivity contribution < 1.29 is 9.90 Å². The van der Waals surface area contributed by atoms with Gasteiger partial charge in [-0.25, -0.2) is 9.78 Å². The highest BCUT2D eigenvalue weighted by molar-refractivity contribution is 5.88. The van der Waals surface area contributed by atoms with Crippen LogP contribution in [0.4, 0.5) is 10.6 Å². The maximum absolute atomic E-state index is 12.5. The molecule has 2 aromatic rings. The van der Waals surface area contributed by atoms with Crippen molar-refractivity contribution in [3.05, 3.63) is 60.3 Å². The summed E-state index contributed by atoms with van der Waals surface area (Å²) < 4.78 is 0. The molecule has 0 spiro atoms. The number of hydrogen-bond acceptors (Lipinski definition) is 3. The number of amides is 2. The van der Waals surface area contributed by atoms with Gasteiger partial charge in [-0.2, -0.15) is 0 Å². The summed E-state index contributed by atoms with van der Waals surface area (Å²) in [6.07, 6.45) is 1.62. The molecule has 0 fully saturated rings. The van der Waals surface area contributed by atoms with Gasteiger partial charge < -0.3 is 10.0 Å². The molecule has 0 saturated heterocycles. The molecule has 0 aliphatic carbocycles. The largest absolute Gasteiger partial charge is 0.389 e. The van der Waals surface area contributed by atoms with Gasteiger partial charge in [0.1, 0.15) is 5.82 Å². The second kappa shape index (κ2) is 7.04. The highest BCUT2D eigenvalue weighted by Gasteiger charge is 2.23. The van der Waals surface area contributed by atoms with Crippen molar-refractivity contribution in [1.29, 1.82) is 0 Å². The van der Waals surface area contributed by atoms with Gasteiger partial charge in [0.25, 0.3) is 0 Å². The molecule has 116 valence electrons. The summed E-state index contributed by atoms with van der Waals surface area (Å²) in [4.78, 5) is 18.1. The van der Waals surface area contributed by atoms with E-state index in [0.717, 1.165) is 5.56 Å². The van der Waals surface area contributed by atoms with Crippen molar-refractivity contribution in [2.75, 3.05) is 11.9 Å². The van der Waals surface area contributed by atoms with Gasteiger partial charge >= 0.3 is 6.03 Å². The first kappa shape index (κ1) is 16.0. The number of anilines is 1. The zero-order valence-electron chi connectivity index (χ0n) is 12.9. The lowest BCUT2D eigenvalue weighted by molar-refractivity contribution is 0.0469. The maximum atomic E-state index is 12.5. The molecule has 0 unspecified atom stereocenters. The Hall–Kier alpha value is -2.40. The second-order valence-electron chi connectivity index (χ2n) is 5.80. The molecule has 5 heteroatoms. The SMILES string of the molecule is CC(C)(O)CN(Cc1ccccc1)C(=O)Nc1ccccn1. The fraction of sp³-hybridized carbons (Fsp3) is 0.294. The number of rotatable bonds is 5. The first-order valence-corrected chi connectivity index (χ1v) is 7.17. The van der Waals surface area contributed by atoms with Gasteiger partial charge in [0, 0.05) is 12.7 Å². The molecule has 2 amide bonds. The van der Waals surface area contributed by atoms with Crippen LogP contribution in [0.25, 0.3) is 0 Å². The van der Waals surface area contributed by atoms with Crippen LogP contribution in [-0.4, -0.2) is 33.2 Å². The van der Waals surface area contributed by atoms with Crippen molar-refractivity contribution >= 4 is 11.8 Å². The number of aromatic nitrogens is 1. The molecule has 0 saturated carbocycles. The summed E-state index contributed by atoms with van der Waals surface area (Å²) in [5.74, 6) is 0.487. The fourth-order valence-corrected chi connectivity index (χ4v) is 2.10. The molecule has 2 N–H and O–H groups in total. The van der Waals surface area contributed by atoms with E-state index in [0.29, 0.717) is 12.4 Å². The molecule has 1 aromatic heterocycles. The van der Waals surface area contributed by atoms with Crippen molar-refractivity contribution in [3.8, 4) is 0 Å². The van der Waals surface area contributed by atoms with Crippen molar-refractivity contribution in [2.45, 2.75) is 26.0 Å². The monoisotopic (exact) mass is 299 g/mol. The van der Waals surface area contributed by atoms with E-state index in [9.17, 15) is 9.90 Å². The Morgan fingerprint density at radius 2 is 1.86 bits per heavy atom. The summed E-state index contributed by atoms with van der Waals surface area (Å²) in [7, 11) is 0. The Kier molecular flexibility index (Phi) is 5.12. The lowest BCUT2D eigenvalue weighted by atomic mass is 10.1. The van der Waals surface area contributed by atoms with E-state index in [4.69, 9.17) is 0 Å². The number of carbonyl (C=O) groups excluding carboxylic acids is 1. The molecule has 0 aliphatic heterocycles. The van der Waals surface area contributed by atoms with Gasteiger partial charge in [0.15, 0.2) is 0 Å². The zero-order chi connectivity index (χ0) is 16.0. The number of benzene rings is 1. The van der Waals surface area contributed by atoms with Crippen LogP contribution in [0.3, 0.4) is 0 Å². The van der Waals surface area contributed by atoms with Crippen LogP contribution in [0.15, 0.2) is 54.7 Å². The third kappa shape index (κ3) is 5.18. The Balaban J connectivity index is 2.11. The highest BCUT2D eigenvalue weighted by atomic mass is 16.3. The van der Waals surface area contributed by atoms with Crippen LogP contribution in [0.1, 0.15) is 19.4 Å². The van der Waals surface area contributed by atoms with Crippen molar-refractivity contribution in [2.24, 2.45) is 0 Å². The Labute approximate surface area is 130 Å². The van der Waals surface area contributed by atoms with Crippen LogP contribution in [0.5, 0.6) is 0 Å². The minimum Gasteiger partial charge on any atom is -0.389 e. The van der Waals surface area contributed by atoms with E-state index < -0.39 is 5.60 Å². The summed E-state index contributed by atoms with van der Waals surface area (Å²) >= 11 is 0. The second-order valence-corrected chi connectivity index (χ2v) is 5.80. The quantitative estimate of drug-likeness (QED) is 0.892. The predicted molar refractivity (Wildman–Crippen MR) is 86.4 cm³/mol. The van der Waals surface area contributed by atoms with E-state index >= 15 is 0 Å². The van der Waals surface area contributed by atoms with Gasteiger partial charge in [-0.1, -0.05) is 36.4 Å². The first-order chi connectivity index (χ1) is 10.4. The van der Waals surface area contributed by atoms with E-state index in [2.05, 4.69) is 10.3 Å². The summed E-state index contributed by atoms with van der Waals surface area (Å²) in [5, 5.41) is 12.8. The van der Waals surface area contributed by atoms with E-state index in [1.165, 1.54) is 0 Å². The topological polar surface area (TPSA) is 65.5 Å². The third-order valence-corrected chi connectivity index (χ3v) is 2.98. The average molecular weight is 299 g/mol. The standard InChI is InChI=1S/C17H21N3O2/c1-17(2,22)13-20(12-14-8-4-3-5-9-14)16(21)19-15-10-6-7-11-18-15/h3-11,22H,12-13H2,1-2H3,(H,18,19,21). The number of nitrogens with zero attached hydrogens (tertiary/aromatic N) is 2. The van der Waals surface area contributed by atoms with E-state index in [1.54, 1.807) is 43.1 Å². The molecule has 0 atom stereocenters.